The van der Waals surface area contributed by atoms with Gasteiger partial charge in [-0.15, -0.1) is 0 Å². The number of fused-ring (bicyclic) bond motifs is 1. The summed E-state index contributed by atoms with van der Waals surface area (Å²) in [5, 5.41) is 3.85. The van der Waals surface area contributed by atoms with E-state index in [1.807, 2.05) is 37.3 Å². The molecule has 2 heterocycles. The number of rotatable bonds is 7. The van der Waals surface area contributed by atoms with Crippen LogP contribution in [0.4, 0.5) is 0 Å². The summed E-state index contributed by atoms with van der Waals surface area (Å²) in [5.41, 5.74) is 1.13. The Morgan fingerprint density at radius 1 is 1.17 bits per heavy atom. The number of nitrogens with one attached hydrogen (secondary N) is 2. The normalized spacial score (nSPS) is 17.8. The fourth-order valence-electron chi connectivity index (χ4n) is 3.44. The van der Waals surface area contributed by atoms with Crippen molar-refractivity contribution in [1.29, 1.82) is 0 Å². The second kappa shape index (κ2) is 8.59. The van der Waals surface area contributed by atoms with Crippen molar-refractivity contribution >= 4 is 26.9 Å². The first kappa shape index (κ1) is 20.6. The quantitative estimate of drug-likeness (QED) is 0.601. The number of amides is 1. The highest BCUT2D eigenvalue weighted by atomic mass is 32.2. The molecule has 30 heavy (non-hydrogen) atoms. The lowest BCUT2D eigenvalue weighted by Crippen LogP contribution is -2.32. The average Bonchev–Trinajstić information content (AvgIpc) is 3.42. The maximum Gasteiger partial charge on any atom is 0.251 e. The van der Waals surface area contributed by atoms with Gasteiger partial charge < -0.3 is 14.5 Å². The van der Waals surface area contributed by atoms with E-state index in [1.54, 1.807) is 0 Å². The molecule has 2 aromatic carbocycles. The molecule has 2 atom stereocenters. The van der Waals surface area contributed by atoms with E-state index in [0.29, 0.717) is 17.9 Å². The number of carbonyl (C=O) groups is 1. The van der Waals surface area contributed by atoms with Crippen molar-refractivity contribution < 1.29 is 22.4 Å². The third-order valence-corrected chi connectivity index (χ3v) is 6.61. The number of furan rings is 1. The number of benzene rings is 2. The molecule has 1 fully saturated rings. The SMILES string of the molecule is C[C@@H](NC(=O)c1ccc(S(=O)(=O)NC[C@H]2CCCO2)cc1)c1cc2ccccc2o1. The number of ether oxygens (including phenoxy) is 1. The molecule has 1 amide bonds. The van der Waals surface area contributed by atoms with Crippen LogP contribution in [0.2, 0.25) is 0 Å². The fraction of sp³-hybridized carbons (Fsp3) is 0.318. The Balaban J connectivity index is 1.39. The van der Waals surface area contributed by atoms with Crippen LogP contribution in [0.1, 0.15) is 41.9 Å². The molecule has 1 saturated heterocycles. The Morgan fingerprint density at radius 2 is 1.93 bits per heavy atom. The van der Waals surface area contributed by atoms with E-state index in [1.165, 1.54) is 24.3 Å². The summed E-state index contributed by atoms with van der Waals surface area (Å²) in [5.74, 6) is 0.348. The first-order valence-electron chi connectivity index (χ1n) is 9.93. The zero-order valence-electron chi connectivity index (χ0n) is 16.6. The minimum atomic E-state index is -3.65. The monoisotopic (exact) mass is 428 g/mol. The lowest BCUT2D eigenvalue weighted by atomic mass is 10.1. The number of hydrogen-bond donors (Lipinski definition) is 2. The predicted molar refractivity (Wildman–Crippen MR) is 113 cm³/mol. The summed E-state index contributed by atoms with van der Waals surface area (Å²) in [7, 11) is -3.65. The molecule has 1 aliphatic rings. The molecule has 1 aromatic heterocycles. The van der Waals surface area contributed by atoms with Gasteiger partial charge in [-0.3, -0.25) is 4.79 Å². The van der Waals surface area contributed by atoms with Crippen molar-refractivity contribution in [3.05, 3.63) is 65.9 Å². The minimum Gasteiger partial charge on any atom is -0.459 e. The maximum absolute atomic E-state index is 12.6. The Kier molecular flexibility index (Phi) is 5.90. The smallest absolute Gasteiger partial charge is 0.251 e. The maximum atomic E-state index is 12.6. The van der Waals surface area contributed by atoms with Crippen LogP contribution >= 0.6 is 0 Å². The minimum absolute atomic E-state index is 0.0791. The molecule has 0 bridgehead atoms. The van der Waals surface area contributed by atoms with Gasteiger partial charge in [-0.05, 0) is 56.2 Å². The standard InChI is InChI=1S/C22H24N2O5S/c1-15(21-13-17-5-2-3-7-20(17)29-21)24-22(25)16-8-10-19(11-9-16)30(26,27)23-14-18-6-4-12-28-18/h2-3,5,7-11,13,15,18,23H,4,6,12,14H2,1H3,(H,24,25)/t15-,18-/m1/s1. The van der Waals surface area contributed by atoms with Crippen LogP contribution < -0.4 is 10.0 Å². The lowest BCUT2D eigenvalue weighted by molar-refractivity contribution is 0.0935. The lowest BCUT2D eigenvalue weighted by Gasteiger charge is -2.13. The Hall–Kier alpha value is -2.68. The third-order valence-electron chi connectivity index (χ3n) is 5.17. The first-order chi connectivity index (χ1) is 14.4. The molecule has 2 N–H and O–H groups in total. The Morgan fingerprint density at radius 3 is 2.63 bits per heavy atom. The summed E-state index contributed by atoms with van der Waals surface area (Å²) < 4.78 is 38.7. The summed E-state index contributed by atoms with van der Waals surface area (Å²) >= 11 is 0. The van der Waals surface area contributed by atoms with Gasteiger partial charge in [0.2, 0.25) is 10.0 Å². The van der Waals surface area contributed by atoms with E-state index in [-0.39, 0.29) is 29.5 Å². The van der Waals surface area contributed by atoms with Crippen LogP contribution in [-0.4, -0.2) is 33.6 Å². The van der Waals surface area contributed by atoms with Crippen molar-refractivity contribution in [1.82, 2.24) is 10.0 Å². The number of carbonyl (C=O) groups excluding carboxylic acids is 1. The van der Waals surface area contributed by atoms with Gasteiger partial charge in [0.1, 0.15) is 11.3 Å². The molecule has 7 nitrogen and oxygen atoms in total. The summed E-state index contributed by atoms with van der Waals surface area (Å²) in [4.78, 5) is 12.7. The second-order valence-electron chi connectivity index (χ2n) is 7.39. The van der Waals surface area contributed by atoms with Gasteiger partial charge in [0.25, 0.3) is 5.91 Å². The molecular formula is C22H24N2O5S. The molecule has 8 heteroatoms. The average molecular weight is 429 g/mol. The van der Waals surface area contributed by atoms with Gasteiger partial charge in [0.15, 0.2) is 0 Å². The van der Waals surface area contributed by atoms with Crippen LogP contribution in [0.3, 0.4) is 0 Å². The van der Waals surface area contributed by atoms with Crippen LogP contribution in [-0.2, 0) is 14.8 Å². The second-order valence-corrected chi connectivity index (χ2v) is 9.16. The Labute approximate surface area is 175 Å². The molecule has 0 unspecified atom stereocenters. The van der Waals surface area contributed by atoms with Gasteiger partial charge in [-0.25, -0.2) is 13.1 Å². The van der Waals surface area contributed by atoms with Crippen LogP contribution in [0, 0.1) is 0 Å². The molecule has 3 aromatic rings. The van der Waals surface area contributed by atoms with E-state index in [0.717, 1.165) is 23.8 Å². The summed E-state index contributed by atoms with van der Waals surface area (Å²) in [6.07, 6.45) is 1.72. The topological polar surface area (TPSA) is 97.6 Å². The summed E-state index contributed by atoms with van der Waals surface area (Å²) in [6.45, 7) is 2.76. The highest BCUT2D eigenvalue weighted by Crippen LogP contribution is 2.24. The van der Waals surface area contributed by atoms with Gasteiger partial charge in [0, 0.05) is 24.1 Å². The Bertz CT molecular complexity index is 1100. The zero-order valence-corrected chi connectivity index (χ0v) is 17.4. The first-order valence-corrected chi connectivity index (χ1v) is 11.4. The third kappa shape index (κ3) is 4.56. The van der Waals surface area contributed by atoms with Crippen molar-refractivity contribution in [3.63, 3.8) is 0 Å². The van der Waals surface area contributed by atoms with Crippen molar-refractivity contribution in [2.45, 2.75) is 36.8 Å². The van der Waals surface area contributed by atoms with Gasteiger partial charge >= 0.3 is 0 Å². The van der Waals surface area contributed by atoms with E-state index in [2.05, 4.69) is 10.0 Å². The van der Waals surface area contributed by atoms with E-state index < -0.39 is 10.0 Å². The highest BCUT2D eigenvalue weighted by Gasteiger charge is 2.21. The van der Waals surface area contributed by atoms with E-state index in [4.69, 9.17) is 9.15 Å². The van der Waals surface area contributed by atoms with Gasteiger partial charge in [-0.2, -0.15) is 0 Å². The molecule has 158 valence electrons. The molecule has 0 spiro atoms. The summed E-state index contributed by atoms with van der Waals surface area (Å²) in [6, 6.07) is 15.1. The van der Waals surface area contributed by atoms with Gasteiger partial charge in [-0.1, -0.05) is 18.2 Å². The zero-order chi connectivity index (χ0) is 21.1. The fourth-order valence-corrected chi connectivity index (χ4v) is 4.51. The molecule has 0 saturated carbocycles. The molecule has 4 rings (SSSR count). The van der Waals surface area contributed by atoms with Crippen LogP contribution in [0.25, 0.3) is 11.0 Å². The number of hydrogen-bond acceptors (Lipinski definition) is 5. The molecule has 1 aliphatic heterocycles. The molecule has 0 radical (unpaired) electrons. The van der Waals surface area contributed by atoms with Crippen molar-refractivity contribution in [2.75, 3.05) is 13.2 Å². The van der Waals surface area contributed by atoms with Crippen molar-refractivity contribution in [2.24, 2.45) is 0 Å². The van der Waals surface area contributed by atoms with Gasteiger partial charge in [0.05, 0.1) is 17.0 Å². The van der Waals surface area contributed by atoms with Crippen LogP contribution in [0.15, 0.2) is 63.9 Å². The molecular weight excluding hydrogens is 404 g/mol. The van der Waals surface area contributed by atoms with E-state index >= 15 is 0 Å². The largest absolute Gasteiger partial charge is 0.459 e. The molecule has 0 aliphatic carbocycles. The number of para-hydroxylation sites is 1. The van der Waals surface area contributed by atoms with E-state index in [9.17, 15) is 13.2 Å². The predicted octanol–water partition coefficient (Wildman–Crippen LogP) is 3.38. The van der Waals surface area contributed by atoms with Crippen molar-refractivity contribution in [3.8, 4) is 0 Å². The number of sulfonamides is 1. The highest BCUT2D eigenvalue weighted by molar-refractivity contribution is 7.89. The van der Waals surface area contributed by atoms with Crippen LogP contribution in [0.5, 0.6) is 0 Å².